The molecular formula is C10H10N2O3. The minimum atomic E-state index is -0.668. The Hall–Kier alpha value is -2.04. The van der Waals surface area contributed by atoms with Crippen LogP contribution in [0.25, 0.3) is 0 Å². The summed E-state index contributed by atoms with van der Waals surface area (Å²) in [5.41, 5.74) is 6.05. The molecule has 78 valence electrons. The molecule has 1 heterocycles. The highest BCUT2D eigenvalue weighted by atomic mass is 16.3. The predicted molar refractivity (Wildman–Crippen MR) is 53.3 cm³/mol. The van der Waals surface area contributed by atoms with Gasteiger partial charge in [-0.25, -0.2) is 0 Å². The summed E-state index contributed by atoms with van der Waals surface area (Å²) in [6.45, 7) is 0. The molecule has 2 amide bonds. The first-order valence-electron chi connectivity index (χ1n) is 4.50. The minimum Gasteiger partial charge on any atom is -0.508 e. The maximum Gasteiger partial charge on any atom is 0.232 e. The first-order valence-corrected chi connectivity index (χ1v) is 4.50. The summed E-state index contributed by atoms with van der Waals surface area (Å²) in [5, 5.41) is 12.2. The van der Waals surface area contributed by atoms with Crippen molar-refractivity contribution in [3.05, 3.63) is 23.8 Å². The van der Waals surface area contributed by atoms with Crippen LogP contribution in [-0.2, 0) is 9.59 Å². The van der Waals surface area contributed by atoms with Crippen LogP contribution < -0.4 is 11.1 Å². The summed E-state index contributed by atoms with van der Waals surface area (Å²) in [7, 11) is 0. The number of rotatable bonds is 2. The number of fused-ring (bicyclic) bond motifs is 1. The van der Waals surface area contributed by atoms with E-state index in [1.165, 1.54) is 6.07 Å². The minimum absolute atomic E-state index is 0.0112. The van der Waals surface area contributed by atoms with Crippen molar-refractivity contribution in [1.82, 2.24) is 0 Å². The lowest BCUT2D eigenvalue weighted by Gasteiger charge is -2.07. The highest BCUT2D eigenvalue weighted by Crippen LogP contribution is 2.40. The Bertz CT molecular complexity index is 442. The number of carbonyl (C=O) groups is 2. The highest BCUT2D eigenvalue weighted by Gasteiger charge is 2.33. The van der Waals surface area contributed by atoms with Crippen LogP contribution in [0.4, 0.5) is 5.69 Å². The van der Waals surface area contributed by atoms with Crippen molar-refractivity contribution in [2.45, 2.75) is 12.3 Å². The molecule has 1 aliphatic rings. The zero-order chi connectivity index (χ0) is 11.0. The quantitative estimate of drug-likeness (QED) is 0.649. The molecule has 15 heavy (non-hydrogen) atoms. The number of phenols is 1. The van der Waals surface area contributed by atoms with Crippen LogP contribution in [-0.4, -0.2) is 16.9 Å². The summed E-state index contributed by atoms with van der Waals surface area (Å²) in [6, 6.07) is 4.78. The van der Waals surface area contributed by atoms with Gasteiger partial charge < -0.3 is 16.2 Å². The second kappa shape index (κ2) is 3.27. The SMILES string of the molecule is NC(=O)CC1C(=O)Nc2cccc(O)c21. The third-order valence-electron chi connectivity index (χ3n) is 2.41. The Balaban J connectivity index is 2.44. The number of hydrogen-bond acceptors (Lipinski definition) is 3. The molecule has 5 heteroatoms. The fraction of sp³-hybridized carbons (Fsp3) is 0.200. The van der Waals surface area contributed by atoms with E-state index in [0.717, 1.165) is 0 Å². The molecule has 5 nitrogen and oxygen atoms in total. The summed E-state index contributed by atoms with van der Waals surface area (Å²) < 4.78 is 0. The first-order chi connectivity index (χ1) is 7.09. The Kier molecular flexibility index (Phi) is 2.07. The molecule has 1 unspecified atom stereocenters. The number of primary amides is 1. The van der Waals surface area contributed by atoms with Crippen LogP contribution in [0.1, 0.15) is 17.9 Å². The van der Waals surface area contributed by atoms with Crippen LogP contribution in [0.5, 0.6) is 5.75 Å². The number of nitrogens with two attached hydrogens (primary N) is 1. The zero-order valence-corrected chi connectivity index (χ0v) is 7.86. The van der Waals surface area contributed by atoms with Gasteiger partial charge in [0.2, 0.25) is 11.8 Å². The predicted octanol–water partition coefficient (Wildman–Crippen LogP) is 0.303. The highest BCUT2D eigenvalue weighted by molar-refractivity contribution is 6.05. The largest absolute Gasteiger partial charge is 0.508 e. The Labute approximate surface area is 85.9 Å². The van der Waals surface area contributed by atoms with Gasteiger partial charge in [0.25, 0.3) is 0 Å². The Morgan fingerprint density at radius 3 is 2.93 bits per heavy atom. The Morgan fingerprint density at radius 2 is 2.27 bits per heavy atom. The summed E-state index contributed by atoms with van der Waals surface area (Å²) in [5.74, 6) is -1.52. The number of nitrogens with one attached hydrogen (secondary N) is 1. The number of carbonyl (C=O) groups excluding carboxylic acids is 2. The topological polar surface area (TPSA) is 92.4 Å². The van der Waals surface area contributed by atoms with E-state index in [0.29, 0.717) is 11.3 Å². The van der Waals surface area contributed by atoms with Gasteiger partial charge in [0.1, 0.15) is 5.75 Å². The van der Waals surface area contributed by atoms with Gasteiger partial charge in [0, 0.05) is 17.7 Å². The summed E-state index contributed by atoms with van der Waals surface area (Å²) in [4.78, 5) is 22.3. The fourth-order valence-electron chi connectivity index (χ4n) is 1.78. The fourth-order valence-corrected chi connectivity index (χ4v) is 1.78. The lowest BCUT2D eigenvalue weighted by molar-refractivity contribution is -0.123. The molecule has 0 aliphatic carbocycles. The molecule has 0 bridgehead atoms. The molecule has 0 spiro atoms. The van der Waals surface area contributed by atoms with Gasteiger partial charge in [-0.3, -0.25) is 9.59 Å². The number of aromatic hydroxyl groups is 1. The monoisotopic (exact) mass is 206 g/mol. The van der Waals surface area contributed by atoms with Crippen LogP contribution >= 0.6 is 0 Å². The molecule has 4 N–H and O–H groups in total. The van der Waals surface area contributed by atoms with Gasteiger partial charge in [-0.05, 0) is 12.1 Å². The maximum atomic E-state index is 11.5. The van der Waals surface area contributed by atoms with Gasteiger partial charge in [-0.1, -0.05) is 6.07 Å². The number of hydrogen-bond donors (Lipinski definition) is 3. The van der Waals surface area contributed by atoms with Gasteiger partial charge in [-0.15, -0.1) is 0 Å². The van der Waals surface area contributed by atoms with E-state index in [2.05, 4.69) is 5.32 Å². The van der Waals surface area contributed by atoms with Crippen molar-refractivity contribution in [2.75, 3.05) is 5.32 Å². The van der Waals surface area contributed by atoms with Crippen LogP contribution in [0.3, 0.4) is 0 Å². The Morgan fingerprint density at radius 1 is 1.53 bits per heavy atom. The third-order valence-corrected chi connectivity index (χ3v) is 2.41. The van der Waals surface area contributed by atoms with Crippen LogP contribution in [0, 0.1) is 0 Å². The molecule has 1 aliphatic heterocycles. The second-order valence-corrected chi connectivity index (χ2v) is 3.45. The summed E-state index contributed by atoms with van der Waals surface area (Å²) in [6.07, 6.45) is -0.0869. The van der Waals surface area contributed by atoms with E-state index >= 15 is 0 Å². The van der Waals surface area contributed by atoms with E-state index in [1.807, 2.05) is 0 Å². The van der Waals surface area contributed by atoms with Gasteiger partial charge in [-0.2, -0.15) is 0 Å². The third kappa shape index (κ3) is 1.52. The van der Waals surface area contributed by atoms with Crippen molar-refractivity contribution in [3.63, 3.8) is 0 Å². The van der Waals surface area contributed by atoms with Crippen molar-refractivity contribution in [1.29, 1.82) is 0 Å². The number of anilines is 1. The summed E-state index contributed by atoms with van der Waals surface area (Å²) >= 11 is 0. The van der Waals surface area contributed by atoms with Crippen LogP contribution in [0.15, 0.2) is 18.2 Å². The molecule has 0 aromatic heterocycles. The molecule has 0 saturated carbocycles. The molecule has 1 aromatic rings. The normalized spacial score (nSPS) is 18.4. The van der Waals surface area contributed by atoms with E-state index in [4.69, 9.17) is 5.73 Å². The van der Waals surface area contributed by atoms with E-state index in [9.17, 15) is 14.7 Å². The number of phenolic OH excluding ortho intramolecular Hbond substituents is 1. The van der Waals surface area contributed by atoms with Crippen molar-refractivity contribution in [3.8, 4) is 5.75 Å². The molecule has 2 rings (SSSR count). The molecule has 1 atom stereocenters. The average Bonchev–Trinajstić information content (AvgIpc) is 2.43. The maximum absolute atomic E-state index is 11.5. The zero-order valence-electron chi connectivity index (χ0n) is 7.86. The van der Waals surface area contributed by atoms with Gasteiger partial charge >= 0.3 is 0 Å². The van der Waals surface area contributed by atoms with Crippen molar-refractivity contribution < 1.29 is 14.7 Å². The smallest absolute Gasteiger partial charge is 0.232 e. The number of amides is 2. The van der Waals surface area contributed by atoms with E-state index < -0.39 is 11.8 Å². The van der Waals surface area contributed by atoms with Crippen molar-refractivity contribution >= 4 is 17.5 Å². The van der Waals surface area contributed by atoms with E-state index in [1.54, 1.807) is 12.1 Å². The van der Waals surface area contributed by atoms with Gasteiger partial charge in [0.05, 0.1) is 5.92 Å². The molecule has 0 fully saturated rings. The first kappa shape index (κ1) is 9.51. The number of benzene rings is 1. The molecule has 1 aromatic carbocycles. The molecule has 0 radical (unpaired) electrons. The molecule has 0 saturated heterocycles. The lowest BCUT2D eigenvalue weighted by atomic mass is 9.96. The van der Waals surface area contributed by atoms with Crippen molar-refractivity contribution in [2.24, 2.45) is 5.73 Å². The second-order valence-electron chi connectivity index (χ2n) is 3.45. The molecular weight excluding hydrogens is 196 g/mol. The van der Waals surface area contributed by atoms with Crippen LogP contribution in [0.2, 0.25) is 0 Å². The standard InChI is InChI=1S/C10H10N2O3/c11-8(14)4-5-9-6(12-10(5)15)2-1-3-7(9)13/h1-3,5,13H,4H2,(H2,11,14)(H,12,15). The lowest BCUT2D eigenvalue weighted by Crippen LogP contribution is -2.20. The van der Waals surface area contributed by atoms with Gasteiger partial charge in [0.15, 0.2) is 0 Å². The van der Waals surface area contributed by atoms with E-state index in [-0.39, 0.29) is 18.1 Å². The average molecular weight is 206 g/mol.